The molecular formula is C17H22ClN3O2. The Kier molecular flexibility index (Phi) is 5.33. The molecule has 1 N–H and O–H groups in total. The van der Waals surface area contributed by atoms with Gasteiger partial charge in [0.2, 0.25) is 5.89 Å². The number of β-amino-alcohol motifs (C(OH)–C–C–N with tert-alkyl or cyclic N) is 1. The molecule has 23 heavy (non-hydrogen) atoms. The van der Waals surface area contributed by atoms with Crippen LogP contribution in [0.4, 0.5) is 0 Å². The Hall–Kier alpha value is -1.40. The fourth-order valence-electron chi connectivity index (χ4n) is 2.87. The summed E-state index contributed by atoms with van der Waals surface area (Å²) in [6.45, 7) is 7.24. The lowest BCUT2D eigenvalue weighted by atomic mass is 10.2. The first-order valence-electron chi connectivity index (χ1n) is 7.94. The van der Waals surface area contributed by atoms with Crippen molar-refractivity contribution >= 4 is 11.6 Å². The molecule has 124 valence electrons. The number of aliphatic hydroxyl groups excluding tert-OH is 1. The van der Waals surface area contributed by atoms with Crippen LogP contribution < -0.4 is 0 Å². The molecule has 1 aromatic carbocycles. The fraction of sp³-hybridized carbons (Fsp3) is 0.471. The van der Waals surface area contributed by atoms with Crippen molar-refractivity contribution in [2.75, 3.05) is 32.7 Å². The maximum atomic E-state index is 9.45. The van der Waals surface area contributed by atoms with Crippen LogP contribution in [0.3, 0.4) is 0 Å². The third kappa shape index (κ3) is 4.32. The van der Waals surface area contributed by atoms with E-state index in [1.807, 2.05) is 31.2 Å². The summed E-state index contributed by atoms with van der Waals surface area (Å²) in [7, 11) is 0. The van der Waals surface area contributed by atoms with Crippen LogP contribution in [0.1, 0.15) is 12.6 Å². The first-order valence-corrected chi connectivity index (χ1v) is 8.31. The normalized spacial score (nSPS) is 18.2. The van der Waals surface area contributed by atoms with E-state index in [2.05, 4.69) is 14.8 Å². The van der Waals surface area contributed by atoms with Gasteiger partial charge in [0, 0.05) is 39.3 Å². The van der Waals surface area contributed by atoms with Gasteiger partial charge in [-0.1, -0.05) is 23.7 Å². The quantitative estimate of drug-likeness (QED) is 0.909. The van der Waals surface area contributed by atoms with Gasteiger partial charge >= 0.3 is 0 Å². The van der Waals surface area contributed by atoms with E-state index in [-0.39, 0.29) is 6.10 Å². The van der Waals surface area contributed by atoms with Crippen molar-refractivity contribution in [1.82, 2.24) is 14.8 Å². The van der Waals surface area contributed by atoms with Gasteiger partial charge in [-0.25, -0.2) is 4.98 Å². The number of hydrogen-bond acceptors (Lipinski definition) is 5. The lowest BCUT2D eigenvalue weighted by Crippen LogP contribution is -2.47. The van der Waals surface area contributed by atoms with Gasteiger partial charge in [0.25, 0.3) is 0 Å². The molecular weight excluding hydrogens is 314 g/mol. The van der Waals surface area contributed by atoms with Gasteiger partial charge < -0.3 is 9.52 Å². The second-order valence-corrected chi connectivity index (χ2v) is 6.46. The van der Waals surface area contributed by atoms with Crippen LogP contribution >= 0.6 is 11.6 Å². The molecule has 5 nitrogen and oxygen atoms in total. The molecule has 0 bridgehead atoms. The third-order valence-corrected chi connectivity index (χ3v) is 4.36. The molecule has 0 radical (unpaired) electrons. The molecule has 1 saturated heterocycles. The highest BCUT2D eigenvalue weighted by Crippen LogP contribution is 2.27. The molecule has 1 aliphatic rings. The Morgan fingerprint density at radius 2 is 1.91 bits per heavy atom. The summed E-state index contributed by atoms with van der Waals surface area (Å²) in [5.74, 6) is 0.568. The van der Waals surface area contributed by atoms with Gasteiger partial charge in [-0.15, -0.1) is 0 Å². The number of benzene rings is 1. The van der Waals surface area contributed by atoms with E-state index in [1.165, 1.54) is 0 Å². The molecule has 1 fully saturated rings. The standard InChI is InChI=1S/C17H22ClN3O2/c1-13(22)10-20-6-8-21(9-7-20)11-14-12-23-17(19-14)15-4-2-3-5-16(15)18/h2-5,12-13,22H,6-11H2,1H3/t13-/m1/s1. The minimum Gasteiger partial charge on any atom is -0.444 e. The predicted octanol–water partition coefficient (Wildman–Crippen LogP) is 2.49. The summed E-state index contributed by atoms with van der Waals surface area (Å²) in [6, 6.07) is 7.56. The van der Waals surface area contributed by atoms with Crippen LogP contribution in [0, 0.1) is 0 Å². The van der Waals surface area contributed by atoms with Crippen molar-refractivity contribution in [2.24, 2.45) is 0 Å². The smallest absolute Gasteiger partial charge is 0.227 e. The van der Waals surface area contributed by atoms with Crippen molar-refractivity contribution in [3.63, 3.8) is 0 Å². The fourth-order valence-corrected chi connectivity index (χ4v) is 3.09. The molecule has 0 saturated carbocycles. The Balaban J connectivity index is 1.57. The molecule has 0 amide bonds. The molecule has 1 atom stereocenters. The Morgan fingerprint density at radius 3 is 2.61 bits per heavy atom. The van der Waals surface area contributed by atoms with E-state index < -0.39 is 0 Å². The first-order chi connectivity index (χ1) is 11.1. The van der Waals surface area contributed by atoms with Crippen molar-refractivity contribution in [3.05, 3.63) is 41.2 Å². The van der Waals surface area contributed by atoms with E-state index in [4.69, 9.17) is 16.0 Å². The maximum absolute atomic E-state index is 9.45. The number of aliphatic hydroxyl groups is 1. The number of halogens is 1. The topological polar surface area (TPSA) is 52.7 Å². The Labute approximate surface area is 141 Å². The van der Waals surface area contributed by atoms with Crippen molar-refractivity contribution in [1.29, 1.82) is 0 Å². The minimum atomic E-state index is -0.268. The zero-order chi connectivity index (χ0) is 16.2. The van der Waals surface area contributed by atoms with Crippen molar-refractivity contribution < 1.29 is 9.52 Å². The highest BCUT2D eigenvalue weighted by Gasteiger charge is 2.19. The maximum Gasteiger partial charge on any atom is 0.227 e. The summed E-state index contributed by atoms with van der Waals surface area (Å²) >= 11 is 6.18. The molecule has 1 aromatic heterocycles. The summed E-state index contributed by atoms with van der Waals surface area (Å²) in [4.78, 5) is 9.20. The largest absolute Gasteiger partial charge is 0.444 e. The highest BCUT2D eigenvalue weighted by atomic mass is 35.5. The van der Waals surface area contributed by atoms with Crippen LogP contribution in [0.5, 0.6) is 0 Å². The van der Waals surface area contributed by atoms with Gasteiger partial charge in [-0.3, -0.25) is 9.80 Å². The SMILES string of the molecule is C[C@@H](O)CN1CCN(Cc2coc(-c3ccccc3Cl)n2)CC1. The molecule has 1 aliphatic heterocycles. The average molecular weight is 336 g/mol. The monoisotopic (exact) mass is 335 g/mol. The Morgan fingerprint density at radius 1 is 1.22 bits per heavy atom. The molecule has 6 heteroatoms. The van der Waals surface area contributed by atoms with E-state index in [0.717, 1.165) is 50.5 Å². The molecule has 0 aliphatic carbocycles. The summed E-state index contributed by atoms with van der Waals surface area (Å²) in [6.07, 6.45) is 1.44. The summed E-state index contributed by atoms with van der Waals surface area (Å²) < 4.78 is 5.58. The Bertz CT molecular complexity index is 636. The number of aromatic nitrogens is 1. The van der Waals surface area contributed by atoms with Gasteiger partial charge in [0.1, 0.15) is 6.26 Å². The van der Waals surface area contributed by atoms with E-state index in [9.17, 15) is 5.11 Å². The second-order valence-electron chi connectivity index (χ2n) is 6.05. The van der Waals surface area contributed by atoms with Gasteiger partial charge in [-0.05, 0) is 19.1 Å². The number of nitrogens with zero attached hydrogens (tertiary/aromatic N) is 3. The van der Waals surface area contributed by atoms with Gasteiger partial charge in [-0.2, -0.15) is 0 Å². The summed E-state index contributed by atoms with van der Waals surface area (Å²) in [5.41, 5.74) is 1.74. The highest BCUT2D eigenvalue weighted by molar-refractivity contribution is 6.33. The van der Waals surface area contributed by atoms with Gasteiger partial charge in [0.05, 0.1) is 22.4 Å². The number of rotatable bonds is 5. The zero-order valence-corrected chi connectivity index (χ0v) is 14.0. The van der Waals surface area contributed by atoms with Crippen molar-refractivity contribution in [2.45, 2.75) is 19.6 Å². The van der Waals surface area contributed by atoms with Crippen LogP contribution in [-0.4, -0.2) is 58.7 Å². The molecule has 3 rings (SSSR count). The van der Waals surface area contributed by atoms with E-state index in [1.54, 1.807) is 6.26 Å². The minimum absolute atomic E-state index is 0.268. The second kappa shape index (κ2) is 7.45. The van der Waals surface area contributed by atoms with Crippen LogP contribution in [0.25, 0.3) is 11.5 Å². The van der Waals surface area contributed by atoms with Crippen LogP contribution in [-0.2, 0) is 6.54 Å². The van der Waals surface area contributed by atoms with E-state index >= 15 is 0 Å². The number of piperazine rings is 1. The van der Waals surface area contributed by atoms with E-state index in [0.29, 0.717) is 10.9 Å². The summed E-state index contributed by atoms with van der Waals surface area (Å²) in [5, 5.41) is 10.1. The lowest BCUT2D eigenvalue weighted by Gasteiger charge is -2.34. The molecule has 0 unspecified atom stereocenters. The predicted molar refractivity (Wildman–Crippen MR) is 90.3 cm³/mol. The van der Waals surface area contributed by atoms with Crippen molar-refractivity contribution in [3.8, 4) is 11.5 Å². The lowest BCUT2D eigenvalue weighted by molar-refractivity contribution is 0.0776. The van der Waals surface area contributed by atoms with Crippen LogP contribution in [0.2, 0.25) is 5.02 Å². The average Bonchev–Trinajstić information content (AvgIpc) is 2.97. The zero-order valence-electron chi connectivity index (χ0n) is 13.3. The molecule has 2 aromatic rings. The van der Waals surface area contributed by atoms with Gasteiger partial charge in [0.15, 0.2) is 0 Å². The number of hydrogen-bond donors (Lipinski definition) is 1. The molecule has 0 spiro atoms. The number of oxazole rings is 1. The molecule has 2 heterocycles. The van der Waals surface area contributed by atoms with Crippen LogP contribution in [0.15, 0.2) is 34.9 Å². The first kappa shape index (κ1) is 16.5. The third-order valence-electron chi connectivity index (χ3n) is 4.03.